The number of aliphatic carboxylic acids is 1. The monoisotopic (exact) mass is 247 g/mol. The van der Waals surface area contributed by atoms with Gasteiger partial charge in [0, 0.05) is 0 Å². The summed E-state index contributed by atoms with van der Waals surface area (Å²) in [7, 11) is -4.17. The van der Waals surface area contributed by atoms with Crippen molar-refractivity contribution in [3.63, 3.8) is 0 Å². The largest absolute Gasteiger partial charge is 0.479 e. The van der Waals surface area contributed by atoms with Gasteiger partial charge < -0.3 is 10.8 Å². The Labute approximate surface area is 91.6 Å². The molecule has 7 heteroatoms. The minimum atomic E-state index is -4.17. The average molecular weight is 247 g/mol. The Morgan fingerprint density at radius 3 is 2.50 bits per heavy atom. The smallest absolute Gasteiger partial charge is 0.336 e. The molecule has 88 valence electrons. The standard InChI is InChI=1S/C9H10FNO4S/c1-5-4-6(10)2-3-7(5)16(14,15)8(11)9(12)13/h2-4,8H,11H2,1H3,(H,12,13). The summed E-state index contributed by atoms with van der Waals surface area (Å²) in [5.41, 5.74) is 5.17. The van der Waals surface area contributed by atoms with Crippen LogP contribution >= 0.6 is 0 Å². The van der Waals surface area contributed by atoms with Crippen molar-refractivity contribution in [2.45, 2.75) is 17.2 Å². The first-order chi connectivity index (χ1) is 7.26. The second-order valence-corrected chi connectivity index (χ2v) is 5.25. The molecule has 1 atom stereocenters. The van der Waals surface area contributed by atoms with Crippen LogP contribution in [0, 0.1) is 12.7 Å². The maximum atomic E-state index is 12.8. The molecule has 0 radical (unpaired) electrons. The summed E-state index contributed by atoms with van der Waals surface area (Å²) >= 11 is 0. The molecule has 0 bridgehead atoms. The summed E-state index contributed by atoms with van der Waals surface area (Å²) in [6, 6.07) is 2.94. The van der Waals surface area contributed by atoms with E-state index in [1.54, 1.807) is 0 Å². The Hall–Kier alpha value is -1.47. The molecule has 0 aliphatic rings. The van der Waals surface area contributed by atoms with Crippen LogP contribution in [0.1, 0.15) is 5.56 Å². The van der Waals surface area contributed by atoms with Gasteiger partial charge in [0.1, 0.15) is 5.82 Å². The summed E-state index contributed by atoms with van der Waals surface area (Å²) in [5.74, 6) is -2.25. The Morgan fingerprint density at radius 2 is 2.06 bits per heavy atom. The first-order valence-electron chi connectivity index (χ1n) is 4.25. The van der Waals surface area contributed by atoms with Gasteiger partial charge in [-0.05, 0) is 30.7 Å². The summed E-state index contributed by atoms with van der Waals surface area (Å²) < 4.78 is 36.1. The van der Waals surface area contributed by atoms with Crippen molar-refractivity contribution in [3.8, 4) is 0 Å². The van der Waals surface area contributed by atoms with Crippen LogP contribution in [-0.2, 0) is 14.6 Å². The highest BCUT2D eigenvalue weighted by atomic mass is 32.2. The lowest BCUT2D eigenvalue weighted by atomic mass is 10.2. The van der Waals surface area contributed by atoms with Crippen LogP contribution in [0.25, 0.3) is 0 Å². The van der Waals surface area contributed by atoms with E-state index in [1.165, 1.54) is 6.92 Å². The molecule has 0 aromatic heterocycles. The Balaban J connectivity index is 3.33. The van der Waals surface area contributed by atoms with Crippen LogP contribution in [-0.4, -0.2) is 24.9 Å². The fraction of sp³-hybridized carbons (Fsp3) is 0.222. The molecule has 1 unspecified atom stereocenters. The highest BCUT2D eigenvalue weighted by Gasteiger charge is 2.31. The number of sulfone groups is 1. The van der Waals surface area contributed by atoms with Gasteiger partial charge in [-0.2, -0.15) is 0 Å². The zero-order valence-electron chi connectivity index (χ0n) is 8.34. The van der Waals surface area contributed by atoms with Gasteiger partial charge in [-0.15, -0.1) is 0 Å². The van der Waals surface area contributed by atoms with Crippen LogP contribution in [0.2, 0.25) is 0 Å². The average Bonchev–Trinajstić information content (AvgIpc) is 2.15. The zero-order chi connectivity index (χ0) is 12.5. The van der Waals surface area contributed by atoms with Crippen molar-refractivity contribution in [1.29, 1.82) is 0 Å². The zero-order valence-corrected chi connectivity index (χ0v) is 9.16. The molecule has 0 saturated carbocycles. The SMILES string of the molecule is Cc1cc(F)ccc1S(=O)(=O)C(N)C(=O)O. The van der Waals surface area contributed by atoms with Crippen molar-refractivity contribution in [1.82, 2.24) is 0 Å². The molecule has 0 saturated heterocycles. The highest BCUT2D eigenvalue weighted by molar-refractivity contribution is 7.92. The summed E-state index contributed by atoms with van der Waals surface area (Å²) in [5, 5.41) is 6.50. The van der Waals surface area contributed by atoms with Gasteiger partial charge >= 0.3 is 5.97 Å². The van der Waals surface area contributed by atoms with Gasteiger partial charge in [0.15, 0.2) is 0 Å². The lowest BCUT2D eigenvalue weighted by Crippen LogP contribution is -2.38. The number of halogens is 1. The van der Waals surface area contributed by atoms with Gasteiger partial charge in [0.25, 0.3) is 0 Å². The van der Waals surface area contributed by atoms with Gasteiger partial charge in [0.05, 0.1) is 4.90 Å². The molecule has 1 rings (SSSR count). The van der Waals surface area contributed by atoms with E-state index in [2.05, 4.69) is 0 Å². The molecule has 1 aromatic carbocycles. The van der Waals surface area contributed by atoms with Crippen molar-refractivity contribution < 1.29 is 22.7 Å². The van der Waals surface area contributed by atoms with Crippen molar-refractivity contribution in [2.75, 3.05) is 0 Å². The lowest BCUT2D eigenvalue weighted by Gasteiger charge is -2.10. The first-order valence-corrected chi connectivity index (χ1v) is 5.80. The van der Waals surface area contributed by atoms with Crippen molar-refractivity contribution in [2.24, 2.45) is 5.73 Å². The molecule has 0 heterocycles. The first kappa shape index (κ1) is 12.6. The molecule has 3 N–H and O–H groups in total. The molecular formula is C9H10FNO4S. The molecule has 0 amide bonds. The fourth-order valence-corrected chi connectivity index (χ4v) is 2.51. The molecule has 0 fully saturated rings. The van der Waals surface area contributed by atoms with Crippen molar-refractivity contribution >= 4 is 15.8 Å². The number of carboxylic acids is 1. The van der Waals surface area contributed by atoms with E-state index in [0.717, 1.165) is 18.2 Å². The number of nitrogens with two attached hydrogens (primary N) is 1. The molecular weight excluding hydrogens is 237 g/mol. The Kier molecular flexibility index (Phi) is 3.30. The Morgan fingerprint density at radius 1 is 1.50 bits per heavy atom. The second-order valence-electron chi connectivity index (χ2n) is 3.21. The number of carbonyl (C=O) groups is 1. The van der Waals surface area contributed by atoms with Crippen LogP contribution in [0.3, 0.4) is 0 Å². The topological polar surface area (TPSA) is 97.5 Å². The van der Waals surface area contributed by atoms with E-state index in [9.17, 15) is 17.6 Å². The van der Waals surface area contributed by atoms with Crippen LogP contribution in [0.15, 0.2) is 23.1 Å². The van der Waals surface area contributed by atoms with Gasteiger partial charge in [-0.1, -0.05) is 0 Å². The van der Waals surface area contributed by atoms with Crippen LogP contribution < -0.4 is 5.73 Å². The third kappa shape index (κ3) is 2.20. The van der Waals surface area contributed by atoms with E-state index < -0.39 is 27.0 Å². The molecule has 16 heavy (non-hydrogen) atoms. The number of hydrogen-bond donors (Lipinski definition) is 2. The molecule has 0 aliphatic carbocycles. The predicted octanol–water partition coefficient (Wildman–Crippen LogP) is 0.277. The third-order valence-corrected chi connectivity index (χ3v) is 3.96. The third-order valence-electron chi connectivity index (χ3n) is 2.02. The van der Waals surface area contributed by atoms with E-state index in [0.29, 0.717) is 0 Å². The second kappa shape index (κ2) is 4.18. The minimum Gasteiger partial charge on any atom is -0.479 e. The molecule has 5 nitrogen and oxygen atoms in total. The van der Waals surface area contributed by atoms with E-state index in [1.807, 2.05) is 0 Å². The number of aryl methyl sites for hydroxylation is 1. The summed E-state index contributed by atoms with van der Waals surface area (Å²) in [4.78, 5) is 10.2. The van der Waals surface area contributed by atoms with Crippen LogP contribution in [0.4, 0.5) is 4.39 Å². The van der Waals surface area contributed by atoms with E-state index >= 15 is 0 Å². The summed E-state index contributed by atoms with van der Waals surface area (Å²) in [6.07, 6.45) is 0. The molecule has 0 aliphatic heterocycles. The van der Waals surface area contributed by atoms with Gasteiger partial charge in [0.2, 0.25) is 15.2 Å². The van der Waals surface area contributed by atoms with E-state index in [-0.39, 0.29) is 10.5 Å². The Bertz CT molecular complexity index is 526. The van der Waals surface area contributed by atoms with Gasteiger partial charge in [-0.3, -0.25) is 0 Å². The quantitative estimate of drug-likeness (QED) is 0.747. The fourth-order valence-electron chi connectivity index (χ4n) is 1.20. The maximum absolute atomic E-state index is 12.8. The van der Waals surface area contributed by atoms with E-state index in [4.69, 9.17) is 10.8 Å². The molecule has 0 spiro atoms. The lowest BCUT2D eigenvalue weighted by molar-refractivity contribution is -0.136. The number of carboxylic acid groups (broad SMARTS) is 1. The van der Waals surface area contributed by atoms with Gasteiger partial charge in [-0.25, -0.2) is 17.6 Å². The highest BCUT2D eigenvalue weighted by Crippen LogP contribution is 2.19. The summed E-state index contributed by atoms with van der Waals surface area (Å²) in [6.45, 7) is 1.37. The normalized spacial score (nSPS) is 13.4. The van der Waals surface area contributed by atoms with Crippen LogP contribution in [0.5, 0.6) is 0 Å². The predicted molar refractivity (Wildman–Crippen MR) is 53.9 cm³/mol. The molecule has 1 aromatic rings. The maximum Gasteiger partial charge on any atom is 0.336 e. The number of hydrogen-bond acceptors (Lipinski definition) is 4. The van der Waals surface area contributed by atoms with Crippen molar-refractivity contribution in [3.05, 3.63) is 29.6 Å². The number of benzene rings is 1. The number of rotatable bonds is 3. The minimum absolute atomic E-state index is 0.122.